The Morgan fingerprint density at radius 3 is 3.11 bits per heavy atom. The van der Waals surface area contributed by atoms with Crippen LogP contribution < -0.4 is 10.2 Å². The van der Waals surface area contributed by atoms with E-state index in [-0.39, 0.29) is 0 Å². The van der Waals surface area contributed by atoms with E-state index in [2.05, 4.69) is 25.3 Å². The minimum atomic E-state index is 0.542. The lowest BCUT2D eigenvalue weighted by Crippen LogP contribution is -2.44. The molecule has 2 aromatic heterocycles. The Morgan fingerprint density at radius 1 is 1.39 bits per heavy atom. The predicted octanol–water partition coefficient (Wildman–Crippen LogP) is 0.551. The summed E-state index contributed by atoms with van der Waals surface area (Å²) in [6, 6.07) is 0.542. The van der Waals surface area contributed by atoms with Crippen molar-refractivity contribution in [1.29, 1.82) is 0 Å². The lowest BCUT2D eigenvalue weighted by Gasteiger charge is -2.33. The molecular formula is C12H18N6. The molecule has 1 fully saturated rings. The number of aromatic nitrogens is 4. The number of aryl methyl sites for hydroxylation is 1. The van der Waals surface area contributed by atoms with Gasteiger partial charge in [0.05, 0.1) is 11.6 Å². The van der Waals surface area contributed by atoms with Gasteiger partial charge in [-0.25, -0.2) is 9.97 Å². The van der Waals surface area contributed by atoms with Gasteiger partial charge in [-0.05, 0) is 19.9 Å². The van der Waals surface area contributed by atoms with Crippen LogP contribution in [0.4, 0.5) is 5.82 Å². The van der Waals surface area contributed by atoms with Crippen LogP contribution in [0.2, 0.25) is 0 Å². The summed E-state index contributed by atoms with van der Waals surface area (Å²) in [6.45, 7) is 2.05. The third-order valence-electron chi connectivity index (χ3n) is 3.64. The zero-order chi connectivity index (χ0) is 12.5. The summed E-state index contributed by atoms with van der Waals surface area (Å²) >= 11 is 0. The molecule has 0 aliphatic carbocycles. The summed E-state index contributed by atoms with van der Waals surface area (Å²) in [6.07, 6.45) is 5.90. The second kappa shape index (κ2) is 4.53. The molecule has 1 unspecified atom stereocenters. The van der Waals surface area contributed by atoms with Crippen molar-refractivity contribution in [3.63, 3.8) is 0 Å². The van der Waals surface area contributed by atoms with Gasteiger partial charge in [-0.2, -0.15) is 5.10 Å². The van der Waals surface area contributed by atoms with Crippen LogP contribution in [0, 0.1) is 0 Å². The van der Waals surface area contributed by atoms with Crippen LogP contribution in [0.1, 0.15) is 12.8 Å². The summed E-state index contributed by atoms with van der Waals surface area (Å²) in [5.74, 6) is 1.01. The molecule has 1 atom stereocenters. The van der Waals surface area contributed by atoms with Crippen LogP contribution >= 0.6 is 0 Å². The molecule has 0 amide bonds. The molecule has 3 rings (SSSR count). The Balaban J connectivity index is 1.98. The minimum absolute atomic E-state index is 0.542. The zero-order valence-corrected chi connectivity index (χ0v) is 10.8. The number of hydrogen-bond donors (Lipinski definition) is 1. The fourth-order valence-electron chi connectivity index (χ4n) is 2.61. The highest BCUT2D eigenvalue weighted by Gasteiger charge is 2.21. The zero-order valence-electron chi connectivity index (χ0n) is 10.8. The van der Waals surface area contributed by atoms with E-state index in [1.165, 1.54) is 12.8 Å². The molecule has 3 heterocycles. The van der Waals surface area contributed by atoms with E-state index in [4.69, 9.17) is 0 Å². The molecule has 6 heteroatoms. The van der Waals surface area contributed by atoms with Crippen molar-refractivity contribution in [2.24, 2.45) is 7.05 Å². The standard InChI is InChI=1S/C12H18N6/c1-13-9-4-3-5-18(7-9)12-10-6-16-17(2)11(10)14-8-15-12/h6,8-9,13H,3-5,7H2,1-2H3. The van der Waals surface area contributed by atoms with Gasteiger partial charge in [0, 0.05) is 26.2 Å². The first-order valence-corrected chi connectivity index (χ1v) is 6.34. The number of likely N-dealkylation sites (N-methyl/N-ethyl adjacent to an activating group) is 1. The predicted molar refractivity (Wildman–Crippen MR) is 70.6 cm³/mol. The van der Waals surface area contributed by atoms with Crippen LogP contribution in [0.25, 0.3) is 11.0 Å². The van der Waals surface area contributed by atoms with Crippen molar-refractivity contribution < 1.29 is 0 Å². The average molecular weight is 246 g/mol. The molecule has 1 aliphatic heterocycles. The van der Waals surface area contributed by atoms with E-state index in [0.717, 1.165) is 29.9 Å². The van der Waals surface area contributed by atoms with Gasteiger partial charge >= 0.3 is 0 Å². The molecule has 1 N–H and O–H groups in total. The Labute approximate surface area is 106 Å². The molecule has 1 saturated heterocycles. The van der Waals surface area contributed by atoms with Crippen molar-refractivity contribution in [2.45, 2.75) is 18.9 Å². The number of nitrogens with zero attached hydrogens (tertiary/aromatic N) is 5. The summed E-state index contributed by atoms with van der Waals surface area (Å²) in [5, 5.41) is 8.65. The van der Waals surface area contributed by atoms with Crippen molar-refractivity contribution in [3.05, 3.63) is 12.5 Å². The van der Waals surface area contributed by atoms with Gasteiger partial charge in [0.1, 0.15) is 12.1 Å². The monoisotopic (exact) mass is 246 g/mol. The van der Waals surface area contributed by atoms with Gasteiger partial charge in [-0.3, -0.25) is 4.68 Å². The quantitative estimate of drug-likeness (QED) is 0.838. The molecule has 0 saturated carbocycles. The number of rotatable bonds is 2. The van der Waals surface area contributed by atoms with Gasteiger partial charge in [-0.15, -0.1) is 0 Å². The first kappa shape index (κ1) is 11.4. The highest BCUT2D eigenvalue weighted by molar-refractivity contribution is 5.86. The van der Waals surface area contributed by atoms with Crippen molar-refractivity contribution >= 4 is 16.9 Å². The van der Waals surface area contributed by atoms with Gasteiger partial charge < -0.3 is 10.2 Å². The number of hydrogen-bond acceptors (Lipinski definition) is 5. The molecule has 18 heavy (non-hydrogen) atoms. The second-order valence-electron chi connectivity index (χ2n) is 4.78. The van der Waals surface area contributed by atoms with Gasteiger partial charge in [0.2, 0.25) is 0 Å². The van der Waals surface area contributed by atoms with E-state index in [1.54, 1.807) is 11.0 Å². The Morgan fingerprint density at radius 2 is 2.28 bits per heavy atom. The topological polar surface area (TPSA) is 58.9 Å². The maximum Gasteiger partial charge on any atom is 0.163 e. The Kier molecular flexibility index (Phi) is 2.87. The Bertz CT molecular complexity index is 548. The smallest absolute Gasteiger partial charge is 0.163 e. The van der Waals surface area contributed by atoms with Crippen LogP contribution in [-0.4, -0.2) is 45.9 Å². The maximum atomic E-state index is 4.45. The third kappa shape index (κ3) is 1.82. The lowest BCUT2D eigenvalue weighted by molar-refractivity contribution is 0.448. The van der Waals surface area contributed by atoms with Gasteiger partial charge in [0.15, 0.2) is 5.65 Å². The molecule has 96 valence electrons. The summed E-state index contributed by atoms with van der Waals surface area (Å²) in [4.78, 5) is 11.1. The molecule has 1 aliphatic rings. The summed E-state index contributed by atoms with van der Waals surface area (Å²) in [7, 11) is 3.93. The molecule has 0 radical (unpaired) electrons. The number of nitrogens with one attached hydrogen (secondary N) is 1. The van der Waals surface area contributed by atoms with Crippen molar-refractivity contribution in [2.75, 3.05) is 25.0 Å². The molecule has 0 bridgehead atoms. The highest BCUT2D eigenvalue weighted by Crippen LogP contribution is 2.24. The van der Waals surface area contributed by atoms with Crippen molar-refractivity contribution in [1.82, 2.24) is 25.1 Å². The normalized spacial score (nSPS) is 20.6. The molecule has 0 aromatic carbocycles. The highest BCUT2D eigenvalue weighted by atomic mass is 15.3. The van der Waals surface area contributed by atoms with Gasteiger partial charge in [0.25, 0.3) is 0 Å². The van der Waals surface area contributed by atoms with E-state index in [1.807, 2.05) is 20.3 Å². The molecular weight excluding hydrogens is 228 g/mol. The van der Waals surface area contributed by atoms with Crippen LogP contribution in [0.3, 0.4) is 0 Å². The van der Waals surface area contributed by atoms with Gasteiger partial charge in [-0.1, -0.05) is 0 Å². The summed E-state index contributed by atoms with van der Waals surface area (Å²) in [5.41, 5.74) is 0.895. The SMILES string of the molecule is CNC1CCCN(c2ncnc3c2cnn3C)C1. The van der Waals surface area contributed by atoms with E-state index < -0.39 is 0 Å². The maximum absolute atomic E-state index is 4.45. The van der Waals surface area contributed by atoms with Crippen molar-refractivity contribution in [3.8, 4) is 0 Å². The lowest BCUT2D eigenvalue weighted by atomic mass is 10.1. The van der Waals surface area contributed by atoms with E-state index >= 15 is 0 Å². The average Bonchev–Trinajstić information content (AvgIpc) is 2.81. The molecule has 6 nitrogen and oxygen atoms in total. The van der Waals surface area contributed by atoms with Crippen LogP contribution in [0.15, 0.2) is 12.5 Å². The van der Waals surface area contributed by atoms with E-state index in [0.29, 0.717) is 6.04 Å². The van der Waals surface area contributed by atoms with Crippen LogP contribution in [-0.2, 0) is 7.05 Å². The fourth-order valence-corrected chi connectivity index (χ4v) is 2.61. The minimum Gasteiger partial charge on any atom is -0.354 e. The number of piperidine rings is 1. The largest absolute Gasteiger partial charge is 0.354 e. The molecule has 0 spiro atoms. The second-order valence-corrected chi connectivity index (χ2v) is 4.78. The first-order valence-electron chi connectivity index (χ1n) is 6.34. The number of anilines is 1. The number of fused-ring (bicyclic) bond motifs is 1. The third-order valence-corrected chi connectivity index (χ3v) is 3.64. The Hall–Kier alpha value is -1.69. The summed E-state index contributed by atoms with van der Waals surface area (Å²) < 4.78 is 1.79. The first-order chi connectivity index (χ1) is 8.79. The van der Waals surface area contributed by atoms with E-state index in [9.17, 15) is 0 Å². The fraction of sp³-hybridized carbons (Fsp3) is 0.583. The molecule has 2 aromatic rings. The van der Waals surface area contributed by atoms with Crippen LogP contribution in [0.5, 0.6) is 0 Å².